The maximum absolute atomic E-state index is 10.9. The molecule has 0 atom stereocenters. The van der Waals surface area contributed by atoms with Gasteiger partial charge in [0.2, 0.25) is 0 Å². The number of aromatic carboxylic acids is 1. The van der Waals surface area contributed by atoms with Crippen molar-refractivity contribution >= 4 is 23.0 Å². The molecule has 0 saturated carbocycles. The molecular weight excluding hydrogens is 256 g/mol. The quantitative estimate of drug-likeness (QED) is 0.728. The van der Waals surface area contributed by atoms with Crippen LogP contribution in [0.4, 0.5) is 17.1 Å². The molecule has 4 N–H and O–H groups in total. The number of carbonyl (C=O) groups is 1. The lowest BCUT2D eigenvalue weighted by Gasteiger charge is -2.10. The maximum Gasteiger partial charge on any atom is 0.337 e. The van der Waals surface area contributed by atoms with E-state index < -0.39 is 5.97 Å². The summed E-state index contributed by atoms with van der Waals surface area (Å²) in [5.41, 5.74) is 7.60. The summed E-state index contributed by atoms with van der Waals surface area (Å²) in [6.07, 6.45) is 0. The number of anilines is 3. The third kappa shape index (κ3) is 3.20. The van der Waals surface area contributed by atoms with Gasteiger partial charge in [0.05, 0.1) is 12.2 Å². The molecule has 5 nitrogen and oxygen atoms in total. The molecule has 0 aliphatic carbocycles. The standard InChI is InChI=1S/C15H16N2O3/c1-2-20-12-5-3-4-10(8-12)17-11-6-7-13(15(18)19)14(16)9-11/h3-9,17H,2,16H2,1H3,(H,18,19). The summed E-state index contributed by atoms with van der Waals surface area (Å²) in [6.45, 7) is 2.52. The van der Waals surface area contributed by atoms with E-state index in [1.54, 1.807) is 12.1 Å². The van der Waals surface area contributed by atoms with Gasteiger partial charge < -0.3 is 20.9 Å². The van der Waals surface area contributed by atoms with Crippen LogP contribution in [-0.4, -0.2) is 17.7 Å². The lowest BCUT2D eigenvalue weighted by molar-refractivity contribution is 0.0698. The lowest BCUT2D eigenvalue weighted by Crippen LogP contribution is -2.03. The fourth-order valence-corrected chi connectivity index (χ4v) is 1.83. The number of ether oxygens (including phenoxy) is 1. The summed E-state index contributed by atoms with van der Waals surface area (Å²) < 4.78 is 5.42. The summed E-state index contributed by atoms with van der Waals surface area (Å²) in [4.78, 5) is 10.9. The zero-order chi connectivity index (χ0) is 14.5. The van der Waals surface area contributed by atoms with Gasteiger partial charge in [0.1, 0.15) is 5.75 Å². The molecule has 0 radical (unpaired) electrons. The fraction of sp³-hybridized carbons (Fsp3) is 0.133. The first-order valence-electron chi connectivity index (χ1n) is 6.23. The summed E-state index contributed by atoms with van der Waals surface area (Å²) in [5, 5.41) is 12.1. The molecule has 104 valence electrons. The predicted octanol–water partition coefficient (Wildman–Crippen LogP) is 3.11. The molecule has 2 rings (SSSR count). The Bertz CT molecular complexity index is 626. The first-order chi connectivity index (χ1) is 9.60. The van der Waals surface area contributed by atoms with E-state index in [1.807, 2.05) is 31.2 Å². The largest absolute Gasteiger partial charge is 0.494 e. The van der Waals surface area contributed by atoms with E-state index in [1.165, 1.54) is 6.07 Å². The highest BCUT2D eigenvalue weighted by Gasteiger charge is 2.08. The van der Waals surface area contributed by atoms with Gasteiger partial charge in [0.15, 0.2) is 0 Å². The molecule has 0 bridgehead atoms. The summed E-state index contributed by atoms with van der Waals surface area (Å²) in [7, 11) is 0. The average molecular weight is 272 g/mol. The van der Waals surface area contributed by atoms with Gasteiger partial charge in [0, 0.05) is 23.1 Å². The van der Waals surface area contributed by atoms with E-state index in [4.69, 9.17) is 15.6 Å². The van der Waals surface area contributed by atoms with Crippen molar-refractivity contribution < 1.29 is 14.6 Å². The molecule has 0 spiro atoms. The van der Waals surface area contributed by atoms with E-state index in [0.717, 1.165) is 17.1 Å². The van der Waals surface area contributed by atoms with Crippen molar-refractivity contribution in [2.75, 3.05) is 17.7 Å². The minimum absolute atomic E-state index is 0.0959. The van der Waals surface area contributed by atoms with Crippen molar-refractivity contribution in [3.63, 3.8) is 0 Å². The number of hydrogen-bond donors (Lipinski definition) is 3. The van der Waals surface area contributed by atoms with Gasteiger partial charge in [-0.2, -0.15) is 0 Å². The van der Waals surface area contributed by atoms with Crippen LogP contribution in [0.25, 0.3) is 0 Å². The van der Waals surface area contributed by atoms with Crippen molar-refractivity contribution in [1.29, 1.82) is 0 Å². The van der Waals surface area contributed by atoms with E-state index in [9.17, 15) is 4.79 Å². The number of carboxylic acid groups (broad SMARTS) is 1. The van der Waals surface area contributed by atoms with Crippen LogP contribution in [0.1, 0.15) is 17.3 Å². The van der Waals surface area contributed by atoms with E-state index in [0.29, 0.717) is 6.61 Å². The van der Waals surface area contributed by atoms with Crippen molar-refractivity contribution in [3.8, 4) is 5.75 Å². The van der Waals surface area contributed by atoms with Crippen molar-refractivity contribution in [2.45, 2.75) is 6.92 Å². The molecule has 0 amide bonds. The van der Waals surface area contributed by atoms with Crippen LogP contribution < -0.4 is 15.8 Å². The van der Waals surface area contributed by atoms with Gasteiger partial charge in [-0.1, -0.05) is 6.07 Å². The molecule has 0 aliphatic heterocycles. The van der Waals surface area contributed by atoms with Crippen molar-refractivity contribution in [3.05, 3.63) is 48.0 Å². The molecule has 0 aliphatic rings. The summed E-state index contributed by atoms with van der Waals surface area (Å²) in [6, 6.07) is 12.3. The Labute approximate surface area is 117 Å². The molecule has 0 aromatic heterocycles. The smallest absolute Gasteiger partial charge is 0.337 e. The number of benzene rings is 2. The SMILES string of the molecule is CCOc1cccc(Nc2ccc(C(=O)O)c(N)c2)c1. The summed E-state index contributed by atoms with van der Waals surface area (Å²) in [5.74, 6) is -0.264. The van der Waals surface area contributed by atoms with Crippen LogP contribution in [0.5, 0.6) is 5.75 Å². The molecule has 0 saturated heterocycles. The average Bonchev–Trinajstić information content (AvgIpc) is 2.39. The Morgan fingerprint density at radius 3 is 2.65 bits per heavy atom. The van der Waals surface area contributed by atoms with Gasteiger partial charge in [-0.25, -0.2) is 4.79 Å². The Hall–Kier alpha value is -2.69. The van der Waals surface area contributed by atoms with Crippen LogP contribution in [0.3, 0.4) is 0 Å². The molecular formula is C15H16N2O3. The van der Waals surface area contributed by atoms with Gasteiger partial charge in [-0.05, 0) is 37.3 Å². The van der Waals surface area contributed by atoms with Crippen LogP contribution >= 0.6 is 0 Å². The Balaban J connectivity index is 2.19. The zero-order valence-corrected chi connectivity index (χ0v) is 11.1. The second kappa shape index (κ2) is 5.97. The highest BCUT2D eigenvalue weighted by Crippen LogP contribution is 2.24. The number of rotatable bonds is 5. The Morgan fingerprint density at radius 2 is 2.00 bits per heavy atom. The first kappa shape index (κ1) is 13.7. The third-order valence-corrected chi connectivity index (χ3v) is 2.72. The minimum Gasteiger partial charge on any atom is -0.494 e. The first-order valence-corrected chi connectivity index (χ1v) is 6.23. The number of nitrogens with two attached hydrogens (primary N) is 1. The number of nitrogens with one attached hydrogen (secondary N) is 1. The van der Waals surface area contributed by atoms with Crippen LogP contribution in [0, 0.1) is 0 Å². The van der Waals surface area contributed by atoms with Crippen LogP contribution in [-0.2, 0) is 0 Å². The molecule has 20 heavy (non-hydrogen) atoms. The number of hydrogen-bond acceptors (Lipinski definition) is 4. The van der Waals surface area contributed by atoms with E-state index >= 15 is 0 Å². The third-order valence-electron chi connectivity index (χ3n) is 2.72. The van der Waals surface area contributed by atoms with Crippen molar-refractivity contribution in [1.82, 2.24) is 0 Å². The molecule has 2 aromatic rings. The number of nitrogen functional groups attached to an aromatic ring is 1. The predicted molar refractivity (Wildman–Crippen MR) is 78.7 cm³/mol. The molecule has 0 unspecified atom stereocenters. The normalized spacial score (nSPS) is 10.1. The van der Waals surface area contributed by atoms with E-state index in [2.05, 4.69) is 5.32 Å². The van der Waals surface area contributed by atoms with E-state index in [-0.39, 0.29) is 11.3 Å². The Kier molecular flexibility index (Phi) is 4.10. The lowest BCUT2D eigenvalue weighted by atomic mass is 10.1. The highest BCUT2D eigenvalue weighted by atomic mass is 16.5. The second-order valence-corrected chi connectivity index (χ2v) is 4.19. The zero-order valence-electron chi connectivity index (χ0n) is 11.1. The minimum atomic E-state index is -1.03. The van der Waals surface area contributed by atoms with Crippen LogP contribution in [0.15, 0.2) is 42.5 Å². The van der Waals surface area contributed by atoms with Gasteiger partial charge >= 0.3 is 5.97 Å². The van der Waals surface area contributed by atoms with Gasteiger partial charge in [-0.15, -0.1) is 0 Å². The monoisotopic (exact) mass is 272 g/mol. The maximum atomic E-state index is 10.9. The molecule has 0 heterocycles. The highest BCUT2D eigenvalue weighted by molar-refractivity contribution is 5.94. The Morgan fingerprint density at radius 1 is 1.25 bits per heavy atom. The van der Waals surface area contributed by atoms with Crippen LogP contribution in [0.2, 0.25) is 0 Å². The van der Waals surface area contributed by atoms with Crippen molar-refractivity contribution in [2.24, 2.45) is 0 Å². The molecule has 0 fully saturated rings. The number of carboxylic acids is 1. The van der Waals surface area contributed by atoms with Gasteiger partial charge in [-0.3, -0.25) is 0 Å². The summed E-state index contributed by atoms with van der Waals surface area (Å²) >= 11 is 0. The molecule has 5 heteroatoms. The van der Waals surface area contributed by atoms with Gasteiger partial charge in [0.25, 0.3) is 0 Å². The topological polar surface area (TPSA) is 84.6 Å². The molecule has 2 aromatic carbocycles. The second-order valence-electron chi connectivity index (χ2n) is 4.19. The fourth-order valence-electron chi connectivity index (χ4n) is 1.83.